The van der Waals surface area contributed by atoms with Crippen molar-refractivity contribution < 1.29 is 22.0 Å². The van der Waals surface area contributed by atoms with Gasteiger partial charge in [0.05, 0.1) is 5.56 Å². The highest BCUT2D eigenvalue weighted by Crippen LogP contribution is 2.35. The zero-order valence-electron chi connectivity index (χ0n) is 10.1. The normalized spacial score (nSPS) is 11.4. The van der Waals surface area contributed by atoms with Crippen molar-refractivity contribution in [2.45, 2.75) is 6.18 Å². The number of rotatable bonds is 2. The van der Waals surface area contributed by atoms with Crippen LogP contribution in [0, 0.1) is 11.6 Å². The molecule has 0 unspecified atom stereocenters. The zero-order chi connectivity index (χ0) is 14.9. The molecule has 0 aliphatic heterocycles. The molecule has 0 atom stereocenters. The van der Waals surface area contributed by atoms with E-state index in [1.807, 2.05) is 0 Å². The van der Waals surface area contributed by atoms with Crippen LogP contribution in [0.2, 0.25) is 0 Å². The molecule has 0 aliphatic carbocycles. The van der Waals surface area contributed by atoms with Crippen LogP contribution in [0.4, 0.5) is 22.0 Å². The van der Waals surface area contributed by atoms with E-state index in [1.165, 1.54) is 12.1 Å². The lowest BCUT2D eigenvalue weighted by molar-refractivity contribution is -0.140. The van der Waals surface area contributed by atoms with Gasteiger partial charge in [-0.05, 0) is 17.2 Å². The summed E-state index contributed by atoms with van der Waals surface area (Å²) in [6.07, 6.45) is -3.36. The SMILES string of the molecule is C=Cc1ccc(-c2ccc(C(F)(F)F)c(F)c2F)cc1. The molecule has 2 aromatic carbocycles. The van der Waals surface area contributed by atoms with E-state index in [-0.39, 0.29) is 5.56 Å². The van der Waals surface area contributed by atoms with Gasteiger partial charge in [-0.3, -0.25) is 0 Å². The van der Waals surface area contributed by atoms with Gasteiger partial charge in [-0.15, -0.1) is 0 Å². The fraction of sp³-hybridized carbons (Fsp3) is 0.0667. The lowest BCUT2D eigenvalue weighted by Gasteiger charge is -2.11. The second-order valence-corrected chi connectivity index (χ2v) is 4.11. The highest BCUT2D eigenvalue weighted by atomic mass is 19.4. The molecule has 104 valence electrons. The Labute approximate surface area is 112 Å². The first kappa shape index (κ1) is 14.2. The molecular formula is C15H9F5. The Balaban J connectivity index is 2.53. The number of alkyl halides is 3. The van der Waals surface area contributed by atoms with Crippen molar-refractivity contribution in [3.05, 3.63) is 65.7 Å². The van der Waals surface area contributed by atoms with Gasteiger partial charge in [-0.1, -0.05) is 43.0 Å². The molecule has 0 heterocycles. The number of hydrogen-bond acceptors (Lipinski definition) is 0. The molecule has 2 rings (SSSR count). The minimum absolute atomic E-state index is 0.217. The third-order valence-corrected chi connectivity index (χ3v) is 2.85. The zero-order valence-corrected chi connectivity index (χ0v) is 10.1. The summed E-state index contributed by atoms with van der Waals surface area (Å²) in [6, 6.07) is 7.65. The highest BCUT2D eigenvalue weighted by molar-refractivity contribution is 5.66. The predicted molar refractivity (Wildman–Crippen MR) is 66.9 cm³/mol. The summed E-state index contributed by atoms with van der Waals surface area (Å²) in [6.45, 7) is 3.54. The van der Waals surface area contributed by atoms with Gasteiger partial charge in [0, 0.05) is 5.56 Å². The van der Waals surface area contributed by atoms with Gasteiger partial charge in [0.25, 0.3) is 0 Å². The smallest absolute Gasteiger partial charge is 0.203 e. The van der Waals surface area contributed by atoms with E-state index in [9.17, 15) is 22.0 Å². The van der Waals surface area contributed by atoms with Crippen LogP contribution in [0.5, 0.6) is 0 Å². The van der Waals surface area contributed by atoms with E-state index in [2.05, 4.69) is 6.58 Å². The van der Waals surface area contributed by atoms with Gasteiger partial charge in [0.1, 0.15) is 0 Å². The van der Waals surface area contributed by atoms with Gasteiger partial charge < -0.3 is 0 Å². The Bertz CT molecular complexity index is 639. The molecule has 0 fully saturated rings. The third-order valence-electron chi connectivity index (χ3n) is 2.85. The number of hydrogen-bond donors (Lipinski definition) is 0. The van der Waals surface area contributed by atoms with E-state index in [0.717, 1.165) is 11.6 Å². The van der Waals surface area contributed by atoms with Crippen LogP contribution in [0.15, 0.2) is 43.0 Å². The Morgan fingerprint density at radius 3 is 1.95 bits per heavy atom. The summed E-state index contributed by atoms with van der Waals surface area (Å²) in [5.41, 5.74) is -0.769. The van der Waals surface area contributed by atoms with E-state index < -0.39 is 23.4 Å². The van der Waals surface area contributed by atoms with Gasteiger partial charge >= 0.3 is 6.18 Å². The van der Waals surface area contributed by atoms with E-state index in [4.69, 9.17) is 0 Å². The monoisotopic (exact) mass is 284 g/mol. The van der Waals surface area contributed by atoms with E-state index in [0.29, 0.717) is 11.6 Å². The summed E-state index contributed by atoms with van der Waals surface area (Å²) >= 11 is 0. The Morgan fingerprint density at radius 2 is 1.45 bits per heavy atom. The first-order chi connectivity index (χ1) is 9.34. The second-order valence-electron chi connectivity index (χ2n) is 4.11. The molecule has 0 amide bonds. The maximum absolute atomic E-state index is 13.8. The van der Waals surface area contributed by atoms with Crippen LogP contribution < -0.4 is 0 Å². The van der Waals surface area contributed by atoms with Crippen LogP contribution in [0.1, 0.15) is 11.1 Å². The molecule has 0 N–H and O–H groups in total. The molecule has 0 saturated heterocycles. The molecule has 5 heteroatoms. The van der Waals surface area contributed by atoms with Crippen LogP contribution in [0.3, 0.4) is 0 Å². The first-order valence-corrected chi connectivity index (χ1v) is 5.62. The molecule has 20 heavy (non-hydrogen) atoms. The summed E-state index contributed by atoms with van der Waals surface area (Å²) in [7, 11) is 0. The molecule has 0 spiro atoms. The van der Waals surface area contributed by atoms with Gasteiger partial charge in [-0.2, -0.15) is 13.2 Å². The largest absolute Gasteiger partial charge is 0.419 e. The second kappa shape index (κ2) is 5.07. The molecule has 0 aliphatic rings. The van der Waals surface area contributed by atoms with Crippen LogP contribution >= 0.6 is 0 Å². The van der Waals surface area contributed by atoms with Crippen molar-refractivity contribution in [1.82, 2.24) is 0 Å². The quantitative estimate of drug-likeness (QED) is 0.657. The standard InChI is InChI=1S/C15H9F5/c1-2-9-3-5-10(6-4-9)11-7-8-12(15(18,19)20)14(17)13(11)16/h2-8H,1H2. The van der Waals surface area contributed by atoms with E-state index in [1.54, 1.807) is 18.2 Å². The summed E-state index contributed by atoms with van der Waals surface area (Å²) < 4.78 is 64.6. The maximum Gasteiger partial charge on any atom is 0.419 e. The van der Waals surface area contributed by atoms with Crippen LogP contribution in [-0.4, -0.2) is 0 Å². The van der Waals surface area contributed by atoms with Crippen molar-refractivity contribution in [2.24, 2.45) is 0 Å². The van der Waals surface area contributed by atoms with Crippen molar-refractivity contribution in [3.8, 4) is 11.1 Å². The van der Waals surface area contributed by atoms with Gasteiger partial charge in [0.15, 0.2) is 11.6 Å². The first-order valence-electron chi connectivity index (χ1n) is 5.62. The molecule has 0 bridgehead atoms. The average molecular weight is 284 g/mol. The molecular weight excluding hydrogens is 275 g/mol. The summed E-state index contributed by atoms with van der Waals surface area (Å²) in [5.74, 6) is -3.39. The Morgan fingerprint density at radius 1 is 0.850 bits per heavy atom. The lowest BCUT2D eigenvalue weighted by Crippen LogP contribution is -2.10. The average Bonchev–Trinajstić information content (AvgIpc) is 2.40. The van der Waals surface area contributed by atoms with Crippen molar-refractivity contribution >= 4 is 6.08 Å². The van der Waals surface area contributed by atoms with Crippen LogP contribution in [-0.2, 0) is 6.18 Å². The minimum atomic E-state index is -4.92. The third kappa shape index (κ3) is 2.57. The summed E-state index contributed by atoms with van der Waals surface area (Å²) in [4.78, 5) is 0. The maximum atomic E-state index is 13.8. The van der Waals surface area contributed by atoms with Gasteiger partial charge in [0.2, 0.25) is 0 Å². The minimum Gasteiger partial charge on any atom is -0.203 e. The fourth-order valence-corrected chi connectivity index (χ4v) is 1.79. The van der Waals surface area contributed by atoms with Crippen molar-refractivity contribution in [2.75, 3.05) is 0 Å². The molecule has 0 nitrogen and oxygen atoms in total. The number of halogens is 5. The summed E-state index contributed by atoms with van der Waals surface area (Å²) in [5, 5.41) is 0. The van der Waals surface area contributed by atoms with Gasteiger partial charge in [-0.25, -0.2) is 8.78 Å². The van der Waals surface area contributed by atoms with Crippen LogP contribution in [0.25, 0.3) is 17.2 Å². The molecule has 0 radical (unpaired) electrons. The molecule has 0 aromatic heterocycles. The highest BCUT2D eigenvalue weighted by Gasteiger charge is 2.36. The van der Waals surface area contributed by atoms with E-state index >= 15 is 0 Å². The Hall–Kier alpha value is -2.17. The number of benzene rings is 2. The Kier molecular flexibility index (Phi) is 3.61. The van der Waals surface area contributed by atoms with Crippen molar-refractivity contribution in [1.29, 1.82) is 0 Å². The van der Waals surface area contributed by atoms with Crippen molar-refractivity contribution in [3.63, 3.8) is 0 Å². The molecule has 2 aromatic rings. The topological polar surface area (TPSA) is 0 Å². The molecule has 0 saturated carbocycles. The fourth-order valence-electron chi connectivity index (χ4n) is 1.79. The lowest BCUT2D eigenvalue weighted by atomic mass is 10.0. The predicted octanol–water partition coefficient (Wildman–Crippen LogP) is 5.29.